The lowest BCUT2D eigenvalue weighted by Crippen LogP contribution is -1.89. The summed E-state index contributed by atoms with van der Waals surface area (Å²) in [7, 11) is 0. The lowest BCUT2D eigenvalue weighted by Gasteiger charge is -1.99. The van der Waals surface area contributed by atoms with Crippen molar-refractivity contribution in [3.8, 4) is 0 Å². The van der Waals surface area contributed by atoms with Crippen molar-refractivity contribution in [1.29, 1.82) is 0 Å². The third-order valence-corrected chi connectivity index (χ3v) is 1.66. The fraction of sp³-hybridized carbons (Fsp3) is 0. The first-order chi connectivity index (χ1) is 4.88. The van der Waals surface area contributed by atoms with Gasteiger partial charge in [0.1, 0.15) is 6.10 Å². The molecule has 1 N–H and O–H groups in total. The van der Waals surface area contributed by atoms with E-state index in [-0.39, 0.29) is 0 Å². The van der Waals surface area contributed by atoms with Crippen molar-refractivity contribution in [3.05, 3.63) is 47.6 Å². The van der Waals surface area contributed by atoms with Gasteiger partial charge in [-0.2, -0.15) is 0 Å². The van der Waals surface area contributed by atoms with E-state index in [9.17, 15) is 5.11 Å². The smallest absolute Gasteiger partial charge is 0.145 e. The Kier molecular flexibility index (Phi) is 1.11. The van der Waals surface area contributed by atoms with Crippen LogP contribution in [-0.2, 0) is 0 Å². The molecule has 1 aliphatic carbocycles. The highest BCUT2D eigenvalue weighted by Crippen LogP contribution is 2.25. The summed E-state index contributed by atoms with van der Waals surface area (Å²) in [5.74, 6) is 0. The molecule has 1 heteroatoms. The van der Waals surface area contributed by atoms with Crippen LogP contribution in [0.2, 0.25) is 0 Å². The van der Waals surface area contributed by atoms with Gasteiger partial charge in [-0.15, -0.1) is 0 Å². The predicted molar refractivity (Wildman–Crippen MR) is 39.8 cm³/mol. The summed E-state index contributed by atoms with van der Waals surface area (Å²) >= 11 is 0. The van der Waals surface area contributed by atoms with Gasteiger partial charge in [0, 0.05) is 0 Å². The van der Waals surface area contributed by atoms with E-state index in [0.29, 0.717) is 6.10 Å². The van der Waals surface area contributed by atoms with Crippen LogP contribution >= 0.6 is 0 Å². The maximum Gasteiger partial charge on any atom is 0.145 e. The summed E-state index contributed by atoms with van der Waals surface area (Å²) in [6.45, 7) is 0. The Morgan fingerprint density at radius 2 is 1.80 bits per heavy atom. The highest BCUT2D eigenvalue weighted by atomic mass is 16.3. The average Bonchev–Trinajstić information content (AvgIpc) is 2.34. The van der Waals surface area contributed by atoms with Crippen molar-refractivity contribution < 1.29 is 5.11 Å². The van der Waals surface area contributed by atoms with E-state index in [0.717, 1.165) is 11.1 Å². The first-order valence-corrected chi connectivity index (χ1v) is 3.21. The number of fused-ring (bicyclic) bond motifs is 1. The van der Waals surface area contributed by atoms with Gasteiger partial charge in [0.2, 0.25) is 0 Å². The number of aliphatic hydroxyl groups is 1. The van der Waals surface area contributed by atoms with Crippen LogP contribution in [0.15, 0.2) is 30.3 Å². The quantitative estimate of drug-likeness (QED) is 0.570. The molecule has 0 amide bonds. The fourth-order valence-electron chi connectivity index (χ4n) is 1.13. The summed E-state index contributed by atoms with van der Waals surface area (Å²) in [4.78, 5) is 0. The molecule has 0 saturated carbocycles. The topological polar surface area (TPSA) is 20.2 Å². The van der Waals surface area contributed by atoms with Crippen molar-refractivity contribution in [1.82, 2.24) is 0 Å². The Morgan fingerprint density at radius 3 is 2.60 bits per heavy atom. The third kappa shape index (κ3) is 0.677. The van der Waals surface area contributed by atoms with E-state index in [1.165, 1.54) is 0 Å². The van der Waals surface area contributed by atoms with Gasteiger partial charge in [-0.05, 0) is 17.2 Å². The summed E-state index contributed by atoms with van der Waals surface area (Å²) in [6.07, 6.45) is 3.99. The normalized spacial score (nSPS) is 15.7. The van der Waals surface area contributed by atoms with Crippen molar-refractivity contribution in [2.24, 2.45) is 0 Å². The second kappa shape index (κ2) is 1.96. The second-order valence-corrected chi connectivity index (χ2v) is 2.31. The molecule has 0 saturated heterocycles. The molecule has 10 heavy (non-hydrogen) atoms. The lowest BCUT2D eigenvalue weighted by atomic mass is 10.1. The van der Waals surface area contributed by atoms with E-state index in [1.54, 1.807) is 6.08 Å². The molecule has 2 rings (SSSR count). The van der Waals surface area contributed by atoms with Crippen molar-refractivity contribution in [2.75, 3.05) is 0 Å². The zero-order valence-corrected chi connectivity index (χ0v) is 5.41. The molecule has 0 spiro atoms. The molecular formula is C9H7O. The Bertz CT molecular complexity index is 276. The number of rotatable bonds is 0. The van der Waals surface area contributed by atoms with E-state index in [4.69, 9.17) is 0 Å². The summed E-state index contributed by atoms with van der Waals surface area (Å²) in [6, 6.07) is 7.77. The highest BCUT2D eigenvalue weighted by Gasteiger charge is 2.13. The highest BCUT2D eigenvalue weighted by molar-refractivity contribution is 5.66. The number of benzene rings is 1. The van der Waals surface area contributed by atoms with Crippen molar-refractivity contribution in [2.45, 2.75) is 0 Å². The van der Waals surface area contributed by atoms with Crippen LogP contribution in [0.25, 0.3) is 6.08 Å². The Hall–Kier alpha value is -1.08. The van der Waals surface area contributed by atoms with Crippen molar-refractivity contribution >= 4 is 6.08 Å². The van der Waals surface area contributed by atoms with Gasteiger partial charge in [0.25, 0.3) is 0 Å². The van der Waals surface area contributed by atoms with Crippen LogP contribution in [0, 0.1) is 6.10 Å². The van der Waals surface area contributed by atoms with E-state index < -0.39 is 0 Å². The van der Waals surface area contributed by atoms with Gasteiger partial charge in [-0.1, -0.05) is 30.3 Å². The average molecular weight is 131 g/mol. The Labute approximate surface area is 59.6 Å². The van der Waals surface area contributed by atoms with Gasteiger partial charge in [-0.25, -0.2) is 0 Å². The van der Waals surface area contributed by atoms with Gasteiger partial charge < -0.3 is 5.11 Å². The van der Waals surface area contributed by atoms with Crippen LogP contribution < -0.4 is 0 Å². The Morgan fingerprint density at radius 1 is 1.00 bits per heavy atom. The monoisotopic (exact) mass is 131 g/mol. The minimum absolute atomic E-state index is 0.371. The fourth-order valence-corrected chi connectivity index (χ4v) is 1.13. The maximum atomic E-state index is 9.21. The number of hydrogen-bond donors (Lipinski definition) is 1. The first kappa shape index (κ1) is 5.69. The minimum Gasteiger partial charge on any atom is -0.377 e. The molecule has 0 atom stereocenters. The molecule has 1 aromatic carbocycles. The van der Waals surface area contributed by atoms with Gasteiger partial charge >= 0.3 is 0 Å². The molecule has 0 aromatic heterocycles. The molecule has 1 aromatic rings. The molecule has 1 aliphatic rings. The van der Waals surface area contributed by atoms with Crippen LogP contribution in [0.5, 0.6) is 0 Å². The maximum absolute atomic E-state index is 9.21. The molecule has 0 aliphatic heterocycles. The lowest BCUT2D eigenvalue weighted by molar-refractivity contribution is 0.366. The van der Waals surface area contributed by atoms with Crippen LogP contribution in [0.1, 0.15) is 11.1 Å². The van der Waals surface area contributed by atoms with Crippen LogP contribution in [0.3, 0.4) is 0 Å². The zero-order valence-electron chi connectivity index (χ0n) is 5.41. The van der Waals surface area contributed by atoms with Gasteiger partial charge in [-0.3, -0.25) is 0 Å². The molecule has 0 heterocycles. The zero-order chi connectivity index (χ0) is 6.97. The first-order valence-electron chi connectivity index (χ1n) is 3.21. The molecular weight excluding hydrogens is 124 g/mol. The second-order valence-electron chi connectivity index (χ2n) is 2.31. The summed E-state index contributed by atoms with van der Waals surface area (Å²) in [5, 5.41) is 9.21. The standard InChI is InChI=1S/C9H7O/c10-9-6-5-7-3-1-2-4-8(7)9/h1-6,10H. The molecule has 0 fully saturated rings. The van der Waals surface area contributed by atoms with E-state index >= 15 is 0 Å². The predicted octanol–water partition coefficient (Wildman–Crippen LogP) is 1.97. The molecule has 1 nitrogen and oxygen atoms in total. The largest absolute Gasteiger partial charge is 0.377 e. The molecule has 0 bridgehead atoms. The van der Waals surface area contributed by atoms with Crippen LogP contribution in [0.4, 0.5) is 0 Å². The van der Waals surface area contributed by atoms with Crippen LogP contribution in [-0.4, -0.2) is 5.11 Å². The summed E-state index contributed by atoms with van der Waals surface area (Å²) < 4.78 is 0. The van der Waals surface area contributed by atoms with E-state index in [1.807, 2.05) is 30.3 Å². The Balaban J connectivity index is 2.59. The summed E-state index contributed by atoms with van der Waals surface area (Å²) in [5.41, 5.74) is 2.03. The number of hydrogen-bond acceptors (Lipinski definition) is 1. The number of aliphatic hydroxyl groups excluding tert-OH is 1. The molecule has 0 unspecified atom stereocenters. The SMILES string of the molecule is O[C]1C=Cc2ccccc21. The molecule has 1 radical (unpaired) electrons. The third-order valence-electron chi connectivity index (χ3n) is 1.66. The van der Waals surface area contributed by atoms with E-state index in [2.05, 4.69) is 0 Å². The van der Waals surface area contributed by atoms with Crippen molar-refractivity contribution in [3.63, 3.8) is 0 Å². The van der Waals surface area contributed by atoms with Gasteiger partial charge in [0.15, 0.2) is 0 Å². The molecule has 49 valence electrons. The minimum atomic E-state index is 0.371. The van der Waals surface area contributed by atoms with Gasteiger partial charge in [0.05, 0.1) is 0 Å².